The molecule has 0 spiro atoms. The van der Waals surface area contributed by atoms with E-state index in [4.69, 9.17) is 5.11 Å². The Labute approximate surface area is 120 Å². The molecule has 21 heavy (non-hydrogen) atoms. The van der Waals surface area contributed by atoms with Gasteiger partial charge in [-0.05, 0) is 26.8 Å². The van der Waals surface area contributed by atoms with Crippen molar-refractivity contribution in [2.24, 2.45) is 0 Å². The Kier molecular flexibility index (Phi) is 4.62. The van der Waals surface area contributed by atoms with Crippen molar-refractivity contribution in [1.82, 2.24) is 4.90 Å². The molecule has 0 bridgehead atoms. The molecule has 0 saturated heterocycles. The van der Waals surface area contributed by atoms with E-state index in [0.717, 1.165) is 17.0 Å². The van der Waals surface area contributed by atoms with Gasteiger partial charge < -0.3 is 10.0 Å². The molecule has 1 rings (SSSR count). The lowest BCUT2D eigenvalue weighted by Gasteiger charge is -2.34. The average molecular weight is 298 g/mol. The predicted molar refractivity (Wildman–Crippen MR) is 71.5 cm³/mol. The molecule has 0 aromatic heterocycles. The van der Waals surface area contributed by atoms with E-state index < -0.39 is 40.4 Å². The molecule has 0 unspecified atom stereocenters. The van der Waals surface area contributed by atoms with E-state index in [2.05, 4.69) is 0 Å². The van der Waals surface area contributed by atoms with Crippen molar-refractivity contribution in [2.45, 2.75) is 26.3 Å². The van der Waals surface area contributed by atoms with Crippen LogP contribution in [0, 0.1) is 15.9 Å². The number of carbonyl (C=O) groups excluding carboxylic acids is 1. The average Bonchev–Trinajstić information content (AvgIpc) is 2.32. The lowest BCUT2D eigenvalue weighted by atomic mass is 10.0. The van der Waals surface area contributed by atoms with Crippen LogP contribution in [-0.4, -0.2) is 38.9 Å². The number of carboxylic acid groups (broad SMARTS) is 1. The van der Waals surface area contributed by atoms with Gasteiger partial charge in [0.2, 0.25) is 0 Å². The number of nitro groups is 1. The molecular weight excluding hydrogens is 283 g/mol. The number of rotatable bonds is 4. The smallest absolute Gasteiger partial charge is 0.323 e. The van der Waals surface area contributed by atoms with Crippen LogP contribution in [0.15, 0.2) is 18.2 Å². The van der Waals surface area contributed by atoms with E-state index >= 15 is 0 Å². The minimum Gasteiger partial charge on any atom is -0.480 e. The molecule has 0 aliphatic rings. The van der Waals surface area contributed by atoms with E-state index in [0.29, 0.717) is 6.07 Å². The first-order valence-corrected chi connectivity index (χ1v) is 6.01. The molecule has 0 fully saturated rings. The SMILES string of the molecule is CC(C)(C)N(CC(=O)O)C(=O)c1cc(F)cc([N+](=O)[O-])c1. The summed E-state index contributed by atoms with van der Waals surface area (Å²) in [7, 11) is 0. The predicted octanol–water partition coefficient (Wildman–Crippen LogP) is 2.06. The maximum atomic E-state index is 13.4. The fourth-order valence-corrected chi connectivity index (χ4v) is 1.71. The molecule has 114 valence electrons. The number of non-ortho nitro benzene ring substituents is 1. The minimum atomic E-state index is -1.23. The second kappa shape index (κ2) is 5.86. The molecule has 0 aliphatic heterocycles. The van der Waals surface area contributed by atoms with Gasteiger partial charge in [-0.3, -0.25) is 19.7 Å². The third-order valence-electron chi connectivity index (χ3n) is 2.69. The summed E-state index contributed by atoms with van der Waals surface area (Å²) >= 11 is 0. The summed E-state index contributed by atoms with van der Waals surface area (Å²) in [6.45, 7) is 4.25. The highest BCUT2D eigenvalue weighted by Gasteiger charge is 2.30. The summed E-state index contributed by atoms with van der Waals surface area (Å²) in [5, 5.41) is 19.6. The number of carboxylic acids is 1. The van der Waals surface area contributed by atoms with Gasteiger partial charge in [0.15, 0.2) is 0 Å². The fourth-order valence-electron chi connectivity index (χ4n) is 1.71. The van der Waals surface area contributed by atoms with E-state index in [1.807, 2.05) is 0 Å². The number of hydrogen-bond acceptors (Lipinski definition) is 4. The fraction of sp³-hybridized carbons (Fsp3) is 0.385. The topological polar surface area (TPSA) is 101 Å². The van der Waals surface area contributed by atoms with Crippen molar-refractivity contribution in [3.8, 4) is 0 Å². The number of amides is 1. The van der Waals surface area contributed by atoms with Gasteiger partial charge in [-0.15, -0.1) is 0 Å². The summed E-state index contributed by atoms with van der Waals surface area (Å²) in [5.74, 6) is -2.95. The minimum absolute atomic E-state index is 0.266. The van der Waals surface area contributed by atoms with Gasteiger partial charge in [0.05, 0.1) is 11.0 Å². The molecule has 1 N–H and O–H groups in total. The van der Waals surface area contributed by atoms with Gasteiger partial charge in [0.1, 0.15) is 12.4 Å². The molecule has 1 aromatic rings. The summed E-state index contributed by atoms with van der Waals surface area (Å²) in [6.07, 6.45) is 0. The number of hydrogen-bond donors (Lipinski definition) is 1. The van der Waals surface area contributed by atoms with Gasteiger partial charge in [-0.25, -0.2) is 4.39 Å². The van der Waals surface area contributed by atoms with Crippen LogP contribution in [0.1, 0.15) is 31.1 Å². The zero-order valence-corrected chi connectivity index (χ0v) is 11.8. The summed E-state index contributed by atoms with van der Waals surface area (Å²) in [4.78, 5) is 34.1. The van der Waals surface area contributed by atoms with Gasteiger partial charge >= 0.3 is 5.97 Å². The number of nitro benzene ring substituents is 1. The van der Waals surface area contributed by atoms with Gasteiger partial charge in [-0.1, -0.05) is 0 Å². The van der Waals surface area contributed by atoms with Crippen LogP contribution < -0.4 is 0 Å². The first kappa shape index (κ1) is 16.5. The van der Waals surface area contributed by atoms with Crippen molar-refractivity contribution in [3.63, 3.8) is 0 Å². The highest BCUT2D eigenvalue weighted by atomic mass is 19.1. The highest BCUT2D eigenvalue weighted by Crippen LogP contribution is 2.21. The Hall–Kier alpha value is -2.51. The standard InChI is InChI=1S/C13H15FN2O5/c1-13(2,3)15(7-11(17)18)12(19)8-4-9(14)6-10(5-8)16(20)21/h4-6H,7H2,1-3H3,(H,17,18). The van der Waals surface area contributed by atoms with E-state index in [1.165, 1.54) is 0 Å². The van der Waals surface area contributed by atoms with Crippen molar-refractivity contribution in [1.29, 1.82) is 0 Å². The van der Waals surface area contributed by atoms with E-state index in [9.17, 15) is 24.1 Å². The van der Waals surface area contributed by atoms with Crippen LogP contribution in [0.2, 0.25) is 0 Å². The lowest BCUT2D eigenvalue weighted by molar-refractivity contribution is -0.385. The maximum absolute atomic E-state index is 13.4. The summed E-state index contributed by atoms with van der Waals surface area (Å²) in [5.41, 5.74) is -1.67. The summed E-state index contributed by atoms with van der Waals surface area (Å²) < 4.78 is 13.4. The van der Waals surface area contributed by atoms with Gasteiger partial charge in [0.25, 0.3) is 11.6 Å². The molecular formula is C13H15FN2O5. The highest BCUT2D eigenvalue weighted by molar-refractivity contribution is 5.96. The first-order valence-electron chi connectivity index (χ1n) is 6.01. The molecule has 0 radical (unpaired) electrons. The van der Waals surface area contributed by atoms with Crippen molar-refractivity contribution < 1.29 is 24.0 Å². The molecule has 1 amide bonds. The van der Waals surface area contributed by atoms with Crippen LogP contribution in [0.25, 0.3) is 0 Å². The lowest BCUT2D eigenvalue weighted by Crippen LogP contribution is -2.48. The first-order chi connectivity index (χ1) is 9.52. The summed E-state index contributed by atoms with van der Waals surface area (Å²) in [6, 6.07) is 2.46. The van der Waals surface area contributed by atoms with Gasteiger partial charge in [0, 0.05) is 17.2 Å². The van der Waals surface area contributed by atoms with Crippen LogP contribution in [0.4, 0.5) is 10.1 Å². The van der Waals surface area contributed by atoms with Crippen LogP contribution in [0.5, 0.6) is 0 Å². The maximum Gasteiger partial charge on any atom is 0.323 e. The molecule has 8 heteroatoms. The Bertz CT molecular complexity index is 595. The number of benzene rings is 1. The Balaban J connectivity index is 3.26. The number of halogens is 1. The third-order valence-corrected chi connectivity index (χ3v) is 2.69. The third kappa shape index (κ3) is 4.23. The van der Waals surface area contributed by atoms with E-state index in [-0.39, 0.29) is 5.56 Å². The second-order valence-electron chi connectivity index (χ2n) is 5.41. The normalized spacial score (nSPS) is 11.0. The Morgan fingerprint density at radius 2 is 1.90 bits per heavy atom. The van der Waals surface area contributed by atoms with Crippen molar-refractivity contribution in [2.75, 3.05) is 6.54 Å². The zero-order valence-electron chi connectivity index (χ0n) is 11.8. The molecule has 0 saturated carbocycles. The second-order valence-corrected chi connectivity index (χ2v) is 5.41. The van der Waals surface area contributed by atoms with E-state index in [1.54, 1.807) is 20.8 Å². The Morgan fingerprint density at radius 1 is 1.33 bits per heavy atom. The largest absolute Gasteiger partial charge is 0.480 e. The number of carbonyl (C=O) groups is 2. The van der Waals surface area contributed by atoms with Gasteiger partial charge in [-0.2, -0.15) is 0 Å². The molecule has 0 heterocycles. The Morgan fingerprint density at radius 3 is 2.33 bits per heavy atom. The van der Waals surface area contributed by atoms with Crippen molar-refractivity contribution in [3.05, 3.63) is 39.7 Å². The number of nitrogens with zero attached hydrogens (tertiary/aromatic N) is 2. The quantitative estimate of drug-likeness (QED) is 0.677. The molecule has 0 atom stereocenters. The molecule has 7 nitrogen and oxygen atoms in total. The van der Waals surface area contributed by atoms with Crippen LogP contribution in [0.3, 0.4) is 0 Å². The zero-order chi connectivity index (χ0) is 16.4. The number of aliphatic carboxylic acids is 1. The van der Waals surface area contributed by atoms with Crippen LogP contribution >= 0.6 is 0 Å². The van der Waals surface area contributed by atoms with Crippen molar-refractivity contribution >= 4 is 17.6 Å². The molecule has 0 aliphatic carbocycles. The molecule has 1 aromatic carbocycles. The monoisotopic (exact) mass is 298 g/mol. The van der Waals surface area contributed by atoms with Crippen LogP contribution in [-0.2, 0) is 4.79 Å².